The number of amides is 1. The van der Waals surface area contributed by atoms with Gasteiger partial charge in [0.25, 0.3) is 0 Å². The van der Waals surface area contributed by atoms with E-state index < -0.39 is 5.60 Å². The molecule has 0 aromatic heterocycles. The Hall–Kier alpha value is -0.770. The number of hydrogen-bond donors (Lipinski definition) is 1. The van der Waals surface area contributed by atoms with E-state index in [4.69, 9.17) is 4.74 Å². The number of carbonyl (C=O) groups excluding carboxylic acids is 1. The van der Waals surface area contributed by atoms with Gasteiger partial charge in [0.1, 0.15) is 5.60 Å². The van der Waals surface area contributed by atoms with Gasteiger partial charge in [0.05, 0.1) is 0 Å². The highest BCUT2D eigenvalue weighted by Crippen LogP contribution is 2.44. The third-order valence-electron chi connectivity index (χ3n) is 3.76. The Morgan fingerprint density at radius 2 is 2.11 bits per heavy atom. The average molecular weight is 254 g/mol. The summed E-state index contributed by atoms with van der Waals surface area (Å²) in [5, 5.41) is 3.58. The predicted molar refractivity (Wildman–Crippen MR) is 71.6 cm³/mol. The smallest absolute Gasteiger partial charge is 0.410 e. The van der Waals surface area contributed by atoms with Crippen LogP contribution in [0.4, 0.5) is 4.79 Å². The van der Waals surface area contributed by atoms with Crippen molar-refractivity contribution in [2.75, 3.05) is 19.6 Å². The van der Waals surface area contributed by atoms with Crippen molar-refractivity contribution in [1.29, 1.82) is 0 Å². The first-order valence-corrected chi connectivity index (χ1v) is 6.99. The van der Waals surface area contributed by atoms with Crippen LogP contribution in [-0.2, 0) is 4.74 Å². The van der Waals surface area contributed by atoms with Crippen molar-refractivity contribution in [3.05, 3.63) is 0 Å². The molecule has 1 saturated carbocycles. The van der Waals surface area contributed by atoms with Gasteiger partial charge in [-0.3, -0.25) is 0 Å². The van der Waals surface area contributed by atoms with Gasteiger partial charge in [-0.25, -0.2) is 4.79 Å². The minimum atomic E-state index is -0.399. The lowest BCUT2D eigenvalue weighted by Crippen LogP contribution is -2.39. The van der Waals surface area contributed by atoms with Gasteiger partial charge >= 0.3 is 6.09 Å². The Labute approximate surface area is 110 Å². The number of likely N-dealkylation sites (tertiary alicyclic amines) is 1. The summed E-state index contributed by atoms with van der Waals surface area (Å²) in [5.74, 6) is 0. The van der Waals surface area contributed by atoms with Gasteiger partial charge < -0.3 is 15.0 Å². The van der Waals surface area contributed by atoms with E-state index in [1.807, 2.05) is 25.7 Å². The topological polar surface area (TPSA) is 41.6 Å². The quantitative estimate of drug-likeness (QED) is 0.841. The number of carbonyl (C=O) groups is 1. The standard InChI is InChI=1S/C14H26N2O2/c1-13(2,3)18-12(17)16-8-5-11(9-16)15-10-14(4)6-7-14/h11,15H,5-10H2,1-4H3/t11-/m0/s1. The van der Waals surface area contributed by atoms with E-state index in [0.717, 1.165) is 26.1 Å². The van der Waals surface area contributed by atoms with Crippen molar-refractivity contribution in [1.82, 2.24) is 10.2 Å². The van der Waals surface area contributed by atoms with E-state index in [1.54, 1.807) is 0 Å². The Balaban J connectivity index is 1.72. The molecule has 1 N–H and O–H groups in total. The summed E-state index contributed by atoms with van der Waals surface area (Å²) in [5.41, 5.74) is 0.128. The van der Waals surface area contributed by atoms with Crippen LogP contribution < -0.4 is 5.32 Å². The van der Waals surface area contributed by atoms with Gasteiger partial charge in [0, 0.05) is 25.7 Å². The number of nitrogens with one attached hydrogen (secondary N) is 1. The summed E-state index contributed by atoms with van der Waals surface area (Å²) in [4.78, 5) is 13.7. The summed E-state index contributed by atoms with van der Waals surface area (Å²) in [6.07, 6.45) is 3.53. The molecule has 1 heterocycles. The highest BCUT2D eigenvalue weighted by Gasteiger charge is 2.38. The van der Waals surface area contributed by atoms with Gasteiger partial charge in [-0.1, -0.05) is 6.92 Å². The zero-order valence-electron chi connectivity index (χ0n) is 12.1. The van der Waals surface area contributed by atoms with Crippen LogP contribution in [0.1, 0.15) is 47.0 Å². The summed E-state index contributed by atoms with van der Waals surface area (Å²) < 4.78 is 5.39. The first-order valence-electron chi connectivity index (χ1n) is 6.99. The molecule has 2 fully saturated rings. The fraction of sp³-hybridized carbons (Fsp3) is 0.929. The van der Waals surface area contributed by atoms with Gasteiger partial charge in [0.2, 0.25) is 0 Å². The van der Waals surface area contributed by atoms with Crippen LogP contribution in [0.5, 0.6) is 0 Å². The van der Waals surface area contributed by atoms with Crippen LogP contribution in [0.15, 0.2) is 0 Å². The molecular weight excluding hydrogens is 228 g/mol. The molecule has 1 amide bonds. The van der Waals surface area contributed by atoms with Crippen LogP contribution in [-0.4, -0.2) is 42.3 Å². The monoisotopic (exact) mass is 254 g/mol. The molecule has 1 aliphatic heterocycles. The highest BCUT2D eigenvalue weighted by atomic mass is 16.6. The lowest BCUT2D eigenvalue weighted by molar-refractivity contribution is 0.0291. The number of rotatable bonds is 3. The summed E-state index contributed by atoms with van der Waals surface area (Å²) in [7, 11) is 0. The Morgan fingerprint density at radius 1 is 1.44 bits per heavy atom. The molecule has 4 nitrogen and oxygen atoms in total. The Bertz CT molecular complexity index is 318. The minimum absolute atomic E-state index is 0.176. The molecule has 0 spiro atoms. The molecule has 0 aromatic carbocycles. The maximum atomic E-state index is 11.9. The van der Waals surface area contributed by atoms with E-state index in [1.165, 1.54) is 12.8 Å². The minimum Gasteiger partial charge on any atom is -0.444 e. The normalized spacial score (nSPS) is 26.2. The van der Waals surface area contributed by atoms with Crippen LogP contribution in [0.3, 0.4) is 0 Å². The van der Waals surface area contributed by atoms with Crippen LogP contribution in [0, 0.1) is 5.41 Å². The summed E-state index contributed by atoms with van der Waals surface area (Å²) in [6, 6.07) is 0.440. The van der Waals surface area contributed by atoms with Crippen LogP contribution in [0.2, 0.25) is 0 Å². The Kier molecular flexibility index (Phi) is 3.58. The maximum Gasteiger partial charge on any atom is 0.410 e. The van der Waals surface area contributed by atoms with Crippen molar-refractivity contribution in [3.8, 4) is 0 Å². The lowest BCUT2D eigenvalue weighted by Gasteiger charge is -2.24. The van der Waals surface area contributed by atoms with Crippen molar-refractivity contribution in [3.63, 3.8) is 0 Å². The highest BCUT2D eigenvalue weighted by molar-refractivity contribution is 5.68. The molecule has 0 radical (unpaired) electrons. The maximum absolute atomic E-state index is 11.9. The second kappa shape index (κ2) is 4.72. The molecule has 2 aliphatic rings. The fourth-order valence-corrected chi connectivity index (χ4v) is 2.20. The zero-order chi connectivity index (χ0) is 13.4. The number of ether oxygens (including phenoxy) is 1. The third-order valence-corrected chi connectivity index (χ3v) is 3.76. The molecule has 1 saturated heterocycles. The van der Waals surface area contributed by atoms with Crippen LogP contribution >= 0.6 is 0 Å². The van der Waals surface area contributed by atoms with Crippen molar-refractivity contribution < 1.29 is 9.53 Å². The zero-order valence-corrected chi connectivity index (χ0v) is 12.1. The Morgan fingerprint density at radius 3 is 2.67 bits per heavy atom. The molecule has 4 heteroatoms. The van der Waals surface area contributed by atoms with Crippen molar-refractivity contribution in [2.24, 2.45) is 5.41 Å². The molecule has 1 atom stereocenters. The van der Waals surface area contributed by atoms with Crippen molar-refractivity contribution in [2.45, 2.75) is 58.6 Å². The predicted octanol–water partition coefficient (Wildman–Crippen LogP) is 2.39. The molecule has 18 heavy (non-hydrogen) atoms. The largest absolute Gasteiger partial charge is 0.444 e. The molecule has 104 valence electrons. The van der Waals surface area contributed by atoms with E-state index in [2.05, 4.69) is 12.2 Å². The lowest BCUT2D eigenvalue weighted by atomic mass is 10.1. The number of hydrogen-bond acceptors (Lipinski definition) is 3. The first-order chi connectivity index (χ1) is 8.27. The number of nitrogens with zero attached hydrogens (tertiary/aromatic N) is 1. The molecule has 0 bridgehead atoms. The van der Waals surface area contributed by atoms with Gasteiger partial charge in [-0.2, -0.15) is 0 Å². The molecule has 1 aliphatic carbocycles. The van der Waals surface area contributed by atoms with Crippen LogP contribution in [0.25, 0.3) is 0 Å². The first kappa shape index (κ1) is 13.7. The van der Waals surface area contributed by atoms with E-state index >= 15 is 0 Å². The SMILES string of the molecule is CC1(CN[C@H]2CCN(C(=O)OC(C)(C)C)C2)CC1. The van der Waals surface area contributed by atoms with Crippen molar-refractivity contribution >= 4 is 6.09 Å². The summed E-state index contributed by atoms with van der Waals surface area (Å²) in [6.45, 7) is 10.7. The van der Waals surface area contributed by atoms with Gasteiger partial charge in [0.15, 0.2) is 0 Å². The summed E-state index contributed by atoms with van der Waals surface area (Å²) >= 11 is 0. The molecule has 0 unspecified atom stereocenters. The average Bonchev–Trinajstić information content (AvgIpc) is 2.79. The van der Waals surface area contributed by atoms with Gasteiger partial charge in [-0.05, 0) is 45.4 Å². The second-order valence-corrected chi connectivity index (χ2v) is 7.10. The van der Waals surface area contributed by atoms with E-state index in [9.17, 15) is 4.79 Å². The molecule has 2 rings (SSSR count). The second-order valence-electron chi connectivity index (χ2n) is 7.10. The fourth-order valence-electron chi connectivity index (χ4n) is 2.20. The third kappa shape index (κ3) is 3.87. The van der Waals surface area contributed by atoms with Gasteiger partial charge in [-0.15, -0.1) is 0 Å². The van der Waals surface area contributed by atoms with E-state index in [-0.39, 0.29) is 6.09 Å². The molecule has 0 aromatic rings. The van der Waals surface area contributed by atoms with E-state index in [0.29, 0.717) is 11.5 Å². The molecular formula is C14H26N2O2.